The van der Waals surface area contributed by atoms with Crippen LogP contribution in [0.4, 0.5) is 4.39 Å². The van der Waals surface area contributed by atoms with E-state index in [1.807, 2.05) is 24.3 Å². The van der Waals surface area contributed by atoms with Gasteiger partial charge in [0.2, 0.25) is 0 Å². The molecule has 156 valence electrons. The van der Waals surface area contributed by atoms with E-state index >= 15 is 0 Å². The Morgan fingerprint density at radius 1 is 1.20 bits per heavy atom. The number of carbonyl (C=O) groups is 1. The first-order valence-electron chi connectivity index (χ1n) is 9.96. The SMILES string of the molecule is O=C1/C(=C\c2cc(Br)ccc2OCc2ccccc2F)SC(=S)N1C1CCCCC1. The van der Waals surface area contributed by atoms with Crippen LogP contribution >= 0.6 is 39.9 Å². The Kier molecular flexibility index (Phi) is 6.91. The number of amides is 1. The Morgan fingerprint density at radius 2 is 1.97 bits per heavy atom. The molecule has 7 heteroatoms. The molecule has 0 atom stereocenters. The molecule has 2 aliphatic rings. The summed E-state index contributed by atoms with van der Waals surface area (Å²) in [6.45, 7) is 0.109. The zero-order valence-corrected chi connectivity index (χ0v) is 19.5. The number of rotatable bonds is 5. The van der Waals surface area contributed by atoms with Crippen molar-refractivity contribution >= 4 is 56.2 Å². The van der Waals surface area contributed by atoms with Crippen molar-refractivity contribution in [2.24, 2.45) is 0 Å². The first kappa shape index (κ1) is 21.5. The van der Waals surface area contributed by atoms with Gasteiger partial charge in [-0.25, -0.2) is 4.39 Å². The maximum Gasteiger partial charge on any atom is 0.266 e. The summed E-state index contributed by atoms with van der Waals surface area (Å²) in [6.07, 6.45) is 7.34. The van der Waals surface area contributed by atoms with Crippen LogP contribution in [-0.4, -0.2) is 21.2 Å². The Morgan fingerprint density at radius 3 is 2.73 bits per heavy atom. The molecule has 0 N–H and O–H groups in total. The van der Waals surface area contributed by atoms with E-state index in [1.165, 1.54) is 24.2 Å². The highest BCUT2D eigenvalue weighted by molar-refractivity contribution is 9.10. The number of thioether (sulfide) groups is 1. The standard InChI is InChI=1S/C23H21BrFNO2S2/c24-17-10-11-20(28-14-15-6-4-5-9-19(15)25)16(12-17)13-21-22(27)26(23(29)30-21)18-7-2-1-3-8-18/h4-6,9-13,18H,1-3,7-8,14H2/b21-13+. The molecule has 2 aromatic rings. The first-order chi connectivity index (χ1) is 14.5. The molecule has 1 saturated carbocycles. The van der Waals surface area contributed by atoms with Crippen LogP contribution in [0.3, 0.4) is 0 Å². The minimum atomic E-state index is -0.301. The molecule has 0 bridgehead atoms. The first-order valence-corrected chi connectivity index (χ1v) is 12.0. The molecule has 2 fully saturated rings. The molecular weight excluding hydrogens is 485 g/mol. The third kappa shape index (κ3) is 4.79. The van der Waals surface area contributed by atoms with Gasteiger partial charge in [0.1, 0.15) is 22.5 Å². The lowest BCUT2D eigenvalue weighted by atomic mass is 9.94. The van der Waals surface area contributed by atoms with Crippen LogP contribution in [0.1, 0.15) is 43.2 Å². The number of benzene rings is 2. The number of ether oxygens (including phenoxy) is 1. The predicted molar refractivity (Wildman–Crippen MR) is 127 cm³/mol. The van der Waals surface area contributed by atoms with Crippen molar-refractivity contribution in [3.8, 4) is 5.75 Å². The van der Waals surface area contributed by atoms with E-state index in [-0.39, 0.29) is 24.4 Å². The summed E-state index contributed by atoms with van der Waals surface area (Å²) >= 11 is 10.3. The molecule has 1 aliphatic heterocycles. The van der Waals surface area contributed by atoms with Crippen LogP contribution in [0.15, 0.2) is 51.8 Å². The van der Waals surface area contributed by atoms with E-state index in [9.17, 15) is 9.18 Å². The topological polar surface area (TPSA) is 29.5 Å². The van der Waals surface area contributed by atoms with Gasteiger partial charge in [-0.05, 0) is 43.2 Å². The number of carbonyl (C=O) groups excluding carboxylic acids is 1. The van der Waals surface area contributed by atoms with Gasteiger partial charge in [-0.2, -0.15) is 0 Å². The van der Waals surface area contributed by atoms with Gasteiger partial charge in [0, 0.05) is 21.6 Å². The average molecular weight is 506 g/mol. The van der Waals surface area contributed by atoms with Gasteiger partial charge in [0.15, 0.2) is 0 Å². The molecule has 1 amide bonds. The Bertz CT molecular complexity index is 1000. The zero-order valence-electron chi connectivity index (χ0n) is 16.3. The Balaban J connectivity index is 1.57. The van der Waals surface area contributed by atoms with E-state index in [2.05, 4.69) is 15.9 Å². The minimum absolute atomic E-state index is 0.0306. The molecule has 1 aliphatic carbocycles. The van der Waals surface area contributed by atoms with Crippen molar-refractivity contribution in [3.05, 3.63) is 68.8 Å². The van der Waals surface area contributed by atoms with Crippen molar-refractivity contribution in [1.82, 2.24) is 4.90 Å². The van der Waals surface area contributed by atoms with Crippen molar-refractivity contribution in [3.63, 3.8) is 0 Å². The van der Waals surface area contributed by atoms with Crippen LogP contribution in [0.25, 0.3) is 6.08 Å². The number of thiocarbonyl (C=S) groups is 1. The van der Waals surface area contributed by atoms with Crippen molar-refractivity contribution in [2.75, 3.05) is 0 Å². The highest BCUT2D eigenvalue weighted by Crippen LogP contribution is 2.38. The third-order valence-electron chi connectivity index (χ3n) is 5.36. The second-order valence-electron chi connectivity index (χ2n) is 7.41. The lowest BCUT2D eigenvalue weighted by Crippen LogP contribution is -2.39. The zero-order chi connectivity index (χ0) is 21.1. The fourth-order valence-corrected chi connectivity index (χ4v) is 5.58. The van der Waals surface area contributed by atoms with E-state index < -0.39 is 0 Å². The molecule has 1 heterocycles. The fourth-order valence-electron chi connectivity index (χ4n) is 3.81. The maximum absolute atomic E-state index is 13.9. The molecule has 0 aromatic heterocycles. The summed E-state index contributed by atoms with van der Waals surface area (Å²) < 4.78 is 21.3. The van der Waals surface area contributed by atoms with Gasteiger partial charge in [-0.3, -0.25) is 9.69 Å². The molecule has 0 unspecified atom stereocenters. The summed E-state index contributed by atoms with van der Waals surface area (Å²) in [5.74, 6) is 0.255. The maximum atomic E-state index is 13.9. The van der Waals surface area contributed by atoms with E-state index in [0.717, 1.165) is 35.7 Å². The largest absolute Gasteiger partial charge is 0.488 e. The summed E-state index contributed by atoms with van der Waals surface area (Å²) in [5, 5.41) is 0. The van der Waals surface area contributed by atoms with E-state index in [4.69, 9.17) is 17.0 Å². The number of hydrogen-bond acceptors (Lipinski definition) is 4. The Labute approximate surface area is 193 Å². The van der Waals surface area contributed by atoms with Gasteiger partial charge in [0.25, 0.3) is 5.91 Å². The minimum Gasteiger partial charge on any atom is -0.488 e. The molecule has 30 heavy (non-hydrogen) atoms. The fraction of sp³-hybridized carbons (Fsp3) is 0.304. The lowest BCUT2D eigenvalue weighted by Gasteiger charge is -2.29. The predicted octanol–water partition coefficient (Wildman–Crippen LogP) is 6.70. The normalized spacial score (nSPS) is 19.0. The summed E-state index contributed by atoms with van der Waals surface area (Å²) in [6, 6.07) is 12.3. The van der Waals surface area contributed by atoms with Crippen LogP contribution in [0, 0.1) is 5.82 Å². The quantitative estimate of drug-likeness (QED) is 0.334. The van der Waals surface area contributed by atoms with Crippen molar-refractivity contribution in [2.45, 2.75) is 44.8 Å². The lowest BCUT2D eigenvalue weighted by molar-refractivity contribution is -0.124. The number of hydrogen-bond donors (Lipinski definition) is 0. The smallest absolute Gasteiger partial charge is 0.266 e. The Hall–Kier alpha value is -1.70. The second kappa shape index (κ2) is 9.62. The summed E-state index contributed by atoms with van der Waals surface area (Å²) in [4.78, 5) is 15.5. The van der Waals surface area contributed by atoms with Crippen molar-refractivity contribution < 1.29 is 13.9 Å². The highest BCUT2D eigenvalue weighted by atomic mass is 79.9. The monoisotopic (exact) mass is 505 g/mol. The molecular formula is C23H21BrFNO2S2. The number of halogens is 2. The molecule has 2 aromatic carbocycles. The molecule has 3 nitrogen and oxygen atoms in total. The van der Waals surface area contributed by atoms with Crippen LogP contribution in [0.5, 0.6) is 5.75 Å². The van der Waals surface area contributed by atoms with Crippen LogP contribution < -0.4 is 4.74 Å². The van der Waals surface area contributed by atoms with Crippen molar-refractivity contribution in [1.29, 1.82) is 0 Å². The molecule has 0 spiro atoms. The second-order valence-corrected chi connectivity index (χ2v) is 10.00. The number of nitrogens with zero attached hydrogens (tertiary/aromatic N) is 1. The average Bonchev–Trinajstić information content (AvgIpc) is 3.02. The van der Waals surface area contributed by atoms with Gasteiger partial charge in [-0.15, -0.1) is 0 Å². The summed E-state index contributed by atoms with van der Waals surface area (Å²) in [7, 11) is 0. The third-order valence-corrected chi connectivity index (χ3v) is 7.19. The van der Waals surface area contributed by atoms with Crippen LogP contribution in [-0.2, 0) is 11.4 Å². The van der Waals surface area contributed by atoms with Gasteiger partial charge in [-0.1, -0.05) is 77.4 Å². The molecule has 4 rings (SSSR count). The highest BCUT2D eigenvalue weighted by Gasteiger charge is 2.37. The van der Waals surface area contributed by atoms with Gasteiger partial charge in [0.05, 0.1) is 4.91 Å². The van der Waals surface area contributed by atoms with Crippen LogP contribution in [0.2, 0.25) is 0 Å². The molecule has 0 radical (unpaired) electrons. The molecule has 1 saturated heterocycles. The van der Waals surface area contributed by atoms with E-state index in [0.29, 0.717) is 20.5 Å². The van der Waals surface area contributed by atoms with Gasteiger partial charge >= 0.3 is 0 Å². The van der Waals surface area contributed by atoms with Gasteiger partial charge < -0.3 is 4.74 Å². The summed E-state index contributed by atoms with van der Waals surface area (Å²) in [5.41, 5.74) is 1.24. The van der Waals surface area contributed by atoms with E-state index in [1.54, 1.807) is 23.1 Å².